The Morgan fingerprint density at radius 1 is 1.37 bits per heavy atom. The van der Waals surface area contributed by atoms with E-state index in [1.165, 1.54) is 4.90 Å². The molecule has 6 heteroatoms. The second kappa shape index (κ2) is 5.73. The zero-order valence-corrected chi connectivity index (χ0v) is 12.0. The van der Waals surface area contributed by atoms with Gasteiger partial charge in [-0.15, -0.1) is 11.8 Å². The van der Waals surface area contributed by atoms with Gasteiger partial charge in [-0.2, -0.15) is 4.98 Å². The first-order chi connectivity index (χ1) is 9.06. The summed E-state index contributed by atoms with van der Waals surface area (Å²) in [5.74, 6) is 0.911. The summed E-state index contributed by atoms with van der Waals surface area (Å²) in [5.41, 5.74) is 6.20. The van der Waals surface area contributed by atoms with Crippen LogP contribution in [-0.2, 0) is 10.3 Å². The minimum atomic E-state index is -0.754. The molecule has 0 spiro atoms. The van der Waals surface area contributed by atoms with E-state index in [0.29, 0.717) is 18.3 Å². The number of methoxy groups -OCH3 is 1. The molecule has 19 heavy (non-hydrogen) atoms. The van der Waals surface area contributed by atoms with Crippen molar-refractivity contribution in [1.82, 2.24) is 10.1 Å². The standard InChI is InChI=1S/C13H17N3O2S/c1-13(14,8-17-2)12-15-11(18-16-12)9-4-6-10(19-3)7-5-9/h4-7H,8,14H2,1-3H3. The van der Waals surface area contributed by atoms with Gasteiger partial charge in [-0.1, -0.05) is 5.16 Å². The van der Waals surface area contributed by atoms with Gasteiger partial charge in [0.25, 0.3) is 5.89 Å². The lowest BCUT2D eigenvalue weighted by Crippen LogP contribution is -2.38. The summed E-state index contributed by atoms with van der Waals surface area (Å²) >= 11 is 1.69. The molecule has 0 radical (unpaired) electrons. The van der Waals surface area contributed by atoms with Gasteiger partial charge in [-0.25, -0.2) is 0 Å². The highest BCUT2D eigenvalue weighted by Crippen LogP contribution is 2.23. The molecule has 0 saturated carbocycles. The average Bonchev–Trinajstić information content (AvgIpc) is 2.89. The number of hydrogen-bond acceptors (Lipinski definition) is 6. The Morgan fingerprint density at radius 3 is 2.63 bits per heavy atom. The van der Waals surface area contributed by atoms with Crippen LogP contribution in [0.15, 0.2) is 33.7 Å². The molecule has 0 amide bonds. The predicted molar refractivity (Wildman–Crippen MR) is 74.9 cm³/mol. The number of rotatable bonds is 5. The molecule has 0 saturated heterocycles. The predicted octanol–water partition coefficient (Wildman–Crippen LogP) is 2.28. The van der Waals surface area contributed by atoms with Gasteiger partial charge in [0.05, 0.1) is 6.61 Å². The Hall–Kier alpha value is -1.37. The normalized spacial score (nSPS) is 14.3. The smallest absolute Gasteiger partial charge is 0.257 e. The van der Waals surface area contributed by atoms with Crippen LogP contribution >= 0.6 is 11.8 Å². The molecule has 1 heterocycles. The number of aromatic nitrogens is 2. The molecule has 1 aromatic heterocycles. The van der Waals surface area contributed by atoms with Crippen LogP contribution in [0.25, 0.3) is 11.5 Å². The quantitative estimate of drug-likeness (QED) is 0.846. The van der Waals surface area contributed by atoms with E-state index in [4.69, 9.17) is 15.0 Å². The van der Waals surface area contributed by atoms with E-state index < -0.39 is 5.54 Å². The monoisotopic (exact) mass is 279 g/mol. The summed E-state index contributed by atoms with van der Waals surface area (Å²) in [6.07, 6.45) is 2.03. The van der Waals surface area contributed by atoms with E-state index in [0.717, 1.165) is 5.56 Å². The van der Waals surface area contributed by atoms with Crippen LogP contribution in [0.5, 0.6) is 0 Å². The average molecular weight is 279 g/mol. The van der Waals surface area contributed by atoms with Crippen LogP contribution < -0.4 is 5.73 Å². The molecule has 0 aliphatic heterocycles. The summed E-state index contributed by atoms with van der Waals surface area (Å²) in [6, 6.07) is 7.93. The van der Waals surface area contributed by atoms with E-state index in [1.807, 2.05) is 37.4 Å². The first-order valence-electron chi connectivity index (χ1n) is 5.83. The fourth-order valence-electron chi connectivity index (χ4n) is 1.67. The SMILES string of the molecule is COCC(C)(N)c1noc(-c2ccc(SC)cc2)n1. The van der Waals surface area contributed by atoms with Crippen LogP contribution in [0.4, 0.5) is 0 Å². The molecule has 2 N–H and O–H groups in total. The Bertz CT molecular complexity index is 537. The van der Waals surface area contributed by atoms with Gasteiger partial charge < -0.3 is 15.0 Å². The summed E-state index contributed by atoms with van der Waals surface area (Å²) in [6.45, 7) is 2.14. The Kier molecular flexibility index (Phi) is 4.24. The lowest BCUT2D eigenvalue weighted by Gasteiger charge is -2.18. The first kappa shape index (κ1) is 14.0. The number of nitrogens with two attached hydrogens (primary N) is 1. The molecule has 0 aliphatic carbocycles. The Labute approximate surface area is 116 Å². The van der Waals surface area contributed by atoms with Crippen molar-refractivity contribution < 1.29 is 9.26 Å². The zero-order chi connectivity index (χ0) is 13.9. The topological polar surface area (TPSA) is 74.2 Å². The van der Waals surface area contributed by atoms with E-state index in [1.54, 1.807) is 18.9 Å². The van der Waals surface area contributed by atoms with E-state index in [-0.39, 0.29) is 0 Å². The van der Waals surface area contributed by atoms with Crippen molar-refractivity contribution >= 4 is 11.8 Å². The van der Waals surface area contributed by atoms with Gasteiger partial charge in [0.1, 0.15) is 5.54 Å². The van der Waals surface area contributed by atoms with Crippen molar-refractivity contribution in [1.29, 1.82) is 0 Å². The summed E-state index contributed by atoms with van der Waals surface area (Å²) < 4.78 is 10.3. The van der Waals surface area contributed by atoms with Gasteiger partial charge in [-0.3, -0.25) is 0 Å². The van der Waals surface area contributed by atoms with Gasteiger partial charge in [-0.05, 0) is 37.4 Å². The van der Waals surface area contributed by atoms with Crippen molar-refractivity contribution in [2.45, 2.75) is 17.4 Å². The van der Waals surface area contributed by atoms with Crippen molar-refractivity contribution in [3.05, 3.63) is 30.1 Å². The first-order valence-corrected chi connectivity index (χ1v) is 7.06. The maximum Gasteiger partial charge on any atom is 0.257 e. The third kappa shape index (κ3) is 3.15. The molecular weight excluding hydrogens is 262 g/mol. The van der Waals surface area contributed by atoms with Crippen molar-refractivity contribution in [3.63, 3.8) is 0 Å². The van der Waals surface area contributed by atoms with Crippen LogP contribution in [0.2, 0.25) is 0 Å². The molecule has 2 rings (SSSR count). The van der Waals surface area contributed by atoms with Crippen molar-refractivity contribution in [2.24, 2.45) is 5.73 Å². The van der Waals surface area contributed by atoms with Gasteiger partial charge in [0.15, 0.2) is 5.82 Å². The minimum absolute atomic E-state index is 0.331. The molecule has 0 bridgehead atoms. The molecule has 1 unspecified atom stereocenters. The van der Waals surface area contributed by atoms with E-state index in [2.05, 4.69) is 10.1 Å². The maximum atomic E-state index is 6.07. The summed E-state index contributed by atoms with van der Waals surface area (Å²) in [7, 11) is 1.59. The summed E-state index contributed by atoms with van der Waals surface area (Å²) in [5, 5.41) is 3.93. The van der Waals surface area contributed by atoms with Gasteiger partial charge in [0, 0.05) is 17.6 Å². The van der Waals surface area contributed by atoms with Crippen molar-refractivity contribution in [3.8, 4) is 11.5 Å². The second-order valence-electron chi connectivity index (χ2n) is 4.50. The third-order valence-corrected chi connectivity index (χ3v) is 3.46. The molecule has 0 fully saturated rings. The highest BCUT2D eigenvalue weighted by Gasteiger charge is 2.27. The van der Waals surface area contributed by atoms with Crippen LogP contribution in [0.3, 0.4) is 0 Å². The largest absolute Gasteiger partial charge is 0.382 e. The maximum absolute atomic E-state index is 6.07. The zero-order valence-electron chi connectivity index (χ0n) is 11.2. The number of nitrogens with zero attached hydrogens (tertiary/aromatic N) is 2. The van der Waals surface area contributed by atoms with Gasteiger partial charge in [0.2, 0.25) is 0 Å². The molecule has 1 aromatic carbocycles. The van der Waals surface area contributed by atoms with Crippen LogP contribution in [0, 0.1) is 0 Å². The summed E-state index contributed by atoms with van der Waals surface area (Å²) in [4.78, 5) is 5.52. The molecular formula is C13H17N3O2S. The lowest BCUT2D eigenvalue weighted by molar-refractivity contribution is 0.135. The molecule has 0 aliphatic rings. The fraction of sp³-hybridized carbons (Fsp3) is 0.385. The minimum Gasteiger partial charge on any atom is -0.382 e. The number of benzene rings is 1. The number of hydrogen-bond donors (Lipinski definition) is 1. The highest BCUT2D eigenvalue weighted by molar-refractivity contribution is 7.98. The Balaban J connectivity index is 2.25. The number of ether oxygens (including phenoxy) is 1. The van der Waals surface area contributed by atoms with Gasteiger partial charge >= 0.3 is 0 Å². The van der Waals surface area contributed by atoms with E-state index in [9.17, 15) is 0 Å². The lowest BCUT2D eigenvalue weighted by atomic mass is 10.1. The molecule has 1 atom stereocenters. The molecule has 102 valence electrons. The third-order valence-electron chi connectivity index (χ3n) is 2.72. The fourth-order valence-corrected chi connectivity index (χ4v) is 2.08. The van der Waals surface area contributed by atoms with Crippen LogP contribution in [0.1, 0.15) is 12.7 Å². The highest BCUT2D eigenvalue weighted by atomic mass is 32.2. The van der Waals surface area contributed by atoms with E-state index >= 15 is 0 Å². The molecule has 2 aromatic rings. The Morgan fingerprint density at radius 2 is 2.05 bits per heavy atom. The molecule has 5 nitrogen and oxygen atoms in total. The van der Waals surface area contributed by atoms with Crippen LogP contribution in [-0.4, -0.2) is 30.1 Å². The second-order valence-corrected chi connectivity index (χ2v) is 5.38. The van der Waals surface area contributed by atoms with Crippen molar-refractivity contribution in [2.75, 3.05) is 20.0 Å². The number of thioether (sulfide) groups is 1.